The van der Waals surface area contributed by atoms with Gasteiger partial charge in [-0.2, -0.15) is 0 Å². The van der Waals surface area contributed by atoms with Crippen molar-refractivity contribution in [1.82, 2.24) is 10.6 Å². The molecule has 0 amide bonds. The quantitative estimate of drug-likeness (QED) is 0.245. The molecular formula is C15H22BrN3S. The molecule has 0 unspecified atom stereocenters. The van der Waals surface area contributed by atoms with Gasteiger partial charge in [-0.05, 0) is 46.7 Å². The van der Waals surface area contributed by atoms with E-state index in [0.717, 1.165) is 31.2 Å². The van der Waals surface area contributed by atoms with E-state index in [1.807, 2.05) is 23.9 Å². The van der Waals surface area contributed by atoms with Crippen molar-refractivity contribution in [2.75, 3.05) is 25.9 Å². The van der Waals surface area contributed by atoms with Crippen molar-refractivity contribution in [2.45, 2.75) is 17.7 Å². The fourth-order valence-corrected chi connectivity index (χ4v) is 3.14. The van der Waals surface area contributed by atoms with Gasteiger partial charge < -0.3 is 10.6 Å². The van der Waals surface area contributed by atoms with E-state index in [2.05, 4.69) is 56.3 Å². The molecule has 0 bridgehead atoms. The van der Waals surface area contributed by atoms with Crippen LogP contribution in [0.25, 0.3) is 0 Å². The summed E-state index contributed by atoms with van der Waals surface area (Å²) in [6.07, 6.45) is 4.13. The summed E-state index contributed by atoms with van der Waals surface area (Å²) in [7, 11) is 1.78. The van der Waals surface area contributed by atoms with Crippen molar-refractivity contribution in [3.8, 4) is 0 Å². The maximum absolute atomic E-state index is 4.14. The smallest absolute Gasteiger partial charge is 0.191 e. The first-order valence-corrected chi connectivity index (χ1v) is 8.48. The van der Waals surface area contributed by atoms with Crippen LogP contribution in [0.4, 0.5) is 0 Å². The molecule has 0 atom stereocenters. The average molecular weight is 356 g/mol. The van der Waals surface area contributed by atoms with Crippen molar-refractivity contribution in [3.63, 3.8) is 0 Å². The Morgan fingerprint density at radius 2 is 2.15 bits per heavy atom. The van der Waals surface area contributed by atoms with Crippen LogP contribution in [0.2, 0.25) is 0 Å². The van der Waals surface area contributed by atoms with Gasteiger partial charge in [-0.15, -0.1) is 18.3 Å². The van der Waals surface area contributed by atoms with E-state index in [-0.39, 0.29) is 0 Å². The van der Waals surface area contributed by atoms with Crippen molar-refractivity contribution in [1.29, 1.82) is 0 Å². The Bertz CT molecular complexity index is 435. The zero-order chi connectivity index (χ0) is 14.6. The molecule has 0 aromatic heterocycles. The molecule has 0 heterocycles. The summed E-state index contributed by atoms with van der Waals surface area (Å²) in [6.45, 7) is 5.34. The maximum atomic E-state index is 4.14. The van der Waals surface area contributed by atoms with Crippen molar-refractivity contribution in [3.05, 3.63) is 41.4 Å². The fourth-order valence-electron chi connectivity index (χ4n) is 1.57. The molecule has 0 aliphatic heterocycles. The number of hydrogen-bond acceptors (Lipinski definition) is 2. The predicted molar refractivity (Wildman–Crippen MR) is 93.7 cm³/mol. The van der Waals surface area contributed by atoms with E-state index in [0.29, 0.717) is 0 Å². The standard InChI is InChI=1S/C15H22BrN3S/c1-3-10-18-15(17-2)19-11-6-7-12-20-14-9-5-4-8-13(14)16/h3-5,8-9H,1,6-7,10-12H2,2H3,(H2,17,18,19). The number of rotatable bonds is 8. The summed E-state index contributed by atoms with van der Waals surface area (Å²) in [5.74, 6) is 1.96. The Balaban J connectivity index is 2.10. The highest BCUT2D eigenvalue weighted by Gasteiger charge is 1.99. The van der Waals surface area contributed by atoms with Crippen molar-refractivity contribution >= 4 is 33.7 Å². The van der Waals surface area contributed by atoms with Crippen LogP contribution in [0.1, 0.15) is 12.8 Å². The van der Waals surface area contributed by atoms with E-state index in [1.54, 1.807) is 7.05 Å². The molecule has 0 radical (unpaired) electrons. The van der Waals surface area contributed by atoms with Crippen LogP contribution in [0.5, 0.6) is 0 Å². The maximum Gasteiger partial charge on any atom is 0.191 e. The third-order valence-corrected chi connectivity index (χ3v) is 4.71. The number of aliphatic imine (C=N–C) groups is 1. The zero-order valence-electron chi connectivity index (χ0n) is 11.9. The number of nitrogens with zero attached hydrogens (tertiary/aromatic N) is 1. The van der Waals surface area contributed by atoms with Gasteiger partial charge in [0.15, 0.2) is 5.96 Å². The Hall–Kier alpha value is -0.940. The molecule has 3 nitrogen and oxygen atoms in total. The lowest BCUT2D eigenvalue weighted by Crippen LogP contribution is -2.37. The SMILES string of the molecule is C=CCNC(=NC)NCCCCSc1ccccc1Br. The van der Waals surface area contributed by atoms with Gasteiger partial charge >= 0.3 is 0 Å². The summed E-state index contributed by atoms with van der Waals surface area (Å²) in [4.78, 5) is 5.45. The molecule has 0 aliphatic rings. The lowest BCUT2D eigenvalue weighted by Gasteiger charge is -2.10. The minimum absolute atomic E-state index is 0.734. The van der Waals surface area contributed by atoms with Crippen molar-refractivity contribution in [2.24, 2.45) is 4.99 Å². The topological polar surface area (TPSA) is 36.4 Å². The normalized spacial score (nSPS) is 11.2. The number of hydrogen-bond donors (Lipinski definition) is 2. The van der Waals surface area contributed by atoms with Crippen LogP contribution in [-0.2, 0) is 0 Å². The lowest BCUT2D eigenvalue weighted by atomic mass is 10.3. The molecule has 2 N–H and O–H groups in total. The Labute approximate surface area is 134 Å². The highest BCUT2D eigenvalue weighted by atomic mass is 79.9. The molecule has 1 aromatic rings. The van der Waals surface area contributed by atoms with Gasteiger partial charge in [0.2, 0.25) is 0 Å². The summed E-state index contributed by atoms with van der Waals surface area (Å²) in [6, 6.07) is 8.34. The number of nitrogens with one attached hydrogen (secondary N) is 2. The van der Waals surface area contributed by atoms with Gasteiger partial charge in [0.05, 0.1) is 0 Å². The minimum Gasteiger partial charge on any atom is -0.356 e. The van der Waals surface area contributed by atoms with E-state index >= 15 is 0 Å². The first-order valence-electron chi connectivity index (χ1n) is 6.70. The largest absolute Gasteiger partial charge is 0.356 e. The second kappa shape index (κ2) is 10.8. The molecule has 1 aromatic carbocycles. The van der Waals surface area contributed by atoms with E-state index in [1.165, 1.54) is 15.8 Å². The third-order valence-electron chi connectivity index (χ3n) is 2.60. The van der Waals surface area contributed by atoms with Gasteiger partial charge in [0, 0.05) is 29.5 Å². The minimum atomic E-state index is 0.734. The average Bonchev–Trinajstić information content (AvgIpc) is 2.47. The Kier molecular flexibility index (Phi) is 9.24. The molecule has 5 heteroatoms. The van der Waals surface area contributed by atoms with E-state index in [4.69, 9.17) is 0 Å². The predicted octanol–water partition coefficient (Wildman–Crippen LogP) is 3.67. The second-order valence-corrected chi connectivity index (χ2v) is 6.15. The molecule has 110 valence electrons. The summed E-state index contributed by atoms with van der Waals surface area (Å²) in [5, 5.41) is 6.44. The third kappa shape index (κ3) is 7.01. The molecule has 0 spiro atoms. The summed E-state index contributed by atoms with van der Waals surface area (Å²) in [5.41, 5.74) is 0. The second-order valence-electron chi connectivity index (χ2n) is 4.15. The molecule has 0 fully saturated rings. The lowest BCUT2D eigenvalue weighted by molar-refractivity contribution is 0.742. The van der Waals surface area contributed by atoms with Gasteiger partial charge in [-0.3, -0.25) is 4.99 Å². The summed E-state index contributed by atoms with van der Waals surface area (Å²) >= 11 is 5.46. The first-order chi connectivity index (χ1) is 9.77. The van der Waals surface area contributed by atoms with Crippen LogP contribution in [-0.4, -0.2) is 31.8 Å². The van der Waals surface area contributed by atoms with E-state index < -0.39 is 0 Å². The van der Waals surface area contributed by atoms with Crippen LogP contribution < -0.4 is 10.6 Å². The van der Waals surface area contributed by atoms with E-state index in [9.17, 15) is 0 Å². The molecular weight excluding hydrogens is 334 g/mol. The summed E-state index contributed by atoms with van der Waals surface area (Å²) < 4.78 is 1.18. The zero-order valence-corrected chi connectivity index (χ0v) is 14.3. The van der Waals surface area contributed by atoms with Crippen LogP contribution in [0.15, 0.2) is 51.3 Å². The number of thioether (sulfide) groups is 1. The monoisotopic (exact) mass is 355 g/mol. The highest BCUT2D eigenvalue weighted by Crippen LogP contribution is 2.27. The van der Waals surface area contributed by atoms with Crippen molar-refractivity contribution < 1.29 is 0 Å². The molecule has 0 saturated heterocycles. The number of guanidine groups is 1. The van der Waals surface area contributed by atoms with Crippen LogP contribution >= 0.6 is 27.7 Å². The van der Waals surface area contributed by atoms with Gasteiger partial charge in [-0.1, -0.05) is 18.2 Å². The molecule has 20 heavy (non-hydrogen) atoms. The number of halogens is 1. The Morgan fingerprint density at radius 3 is 2.85 bits per heavy atom. The first kappa shape index (κ1) is 17.1. The molecule has 0 saturated carbocycles. The number of unbranched alkanes of at least 4 members (excludes halogenated alkanes) is 1. The number of benzene rings is 1. The van der Waals surface area contributed by atoms with Gasteiger partial charge in [-0.25, -0.2) is 0 Å². The highest BCUT2D eigenvalue weighted by molar-refractivity contribution is 9.10. The fraction of sp³-hybridized carbons (Fsp3) is 0.400. The van der Waals surface area contributed by atoms with Gasteiger partial charge in [0.25, 0.3) is 0 Å². The molecule has 0 aliphatic carbocycles. The van der Waals surface area contributed by atoms with Gasteiger partial charge in [0.1, 0.15) is 0 Å². The molecule has 1 rings (SSSR count). The van der Waals surface area contributed by atoms with Crippen LogP contribution in [0, 0.1) is 0 Å². The Morgan fingerprint density at radius 1 is 1.35 bits per heavy atom. The van der Waals surface area contributed by atoms with Crippen LogP contribution in [0.3, 0.4) is 0 Å².